The van der Waals surface area contributed by atoms with E-state index in [-0.39, 0.29) is 11.8 Å². The topological polar surface area (TPSA) is 66.4 Å². The van der Waals surface area contributed by atoms with Gasteiger partial charge in [-0.2, -0.15) is 0 Å². The predicted octanol–water partition coefficient (Wildman–Crippen LogP) is 1.73. The summed E-state index contributed by atoms with van der Waals surface area (Å²) >= 11 is 0. The average Bonchev–Trinajstić information content (AvgIpc) is 2.25. The van der Waals surface area contributed by atoms with E-state index in [1.54, 1.807) is 25.2 Å². The van der Waals surface area contributed by atoms with Crippen LogP contribution in [0.1, 0.15) is 27.2 Å². The zero-order valence-electron chi connectivity index (χ0n) is 9.93. The number of carboxylic acid groups (broad SMARTS) is 1. The van der Waals surface area contributed by atoms with Crippen molar-refractivity contribution in [3.8, 4) is 0 Å². The smallest absolute Gasteiger partial charge is 0.326 e. The molecule has 0 heterocycles. The lowest BCUT2D eigenvalue weighted by Crippen LogP contribution is -2.44. The van der Waals surface area contributed by atoms with Crippen LogP contribution in [0, 0.1) is 5.92 Å². The van der Waals surface area contributed by atoms with Gasteiger partial charge in [-0.05, 0) is 12.8 Å². The van der Waals surface area contributed by atoms with Gasteiger partial charge in [0.1, 0.15) is 6.04 Å². The zero-order chi connectivity index (χ0) is 12.6. The third-order valence-corrected chi connectivity index (χ3v) is 2.33. The largest absolute Gasteiger partial charge is 0.480 e. The highest BCUT2D eigenvalue weighted by atomic mass is 16.4. The van der Waals surface area contributed by atoms with Crippen LogP contribution in [0.5, 0.6) is 0 Å². The Kier molecular flexibility index (Phi) is 6.92. The van der Waals surface area contributed by atoms with Gasteiger partial charge in [-0.1, -0.05) is 38.5 Å². The Balaban J connectivity index is 4.41. The van der Waals surface area contributed by atoms with E-state index in [0.29, 0.717) is 6.42 Å². The second kappa shape index (κ2) is 7.68. The molecule has 2 N–H and O–H groups in total. The summed E-state index contributed by atoms with van der Waals surface area (Å²) in [7, 11) is 0. The Morgan fingerprint density at radius 1 is 1.38 bits per heavy atom. The molecule has 1 amide bonds. The first-order chi connectivity index (χ1) is 7.52. The summed E-state index contributed by atoms with van der Waals surface area (Å²) in [6.45, 7) is 5.53. The van der Waals surface area contributed by atoms with Crippen molar-refractivity contribution in [1.29, 1.82) is 0 Å². The Hall–Kier alpha value is -1.58. The quantitative estimate of drug-likeness (QED) is 0.534. The van der Waals surface area contributed by atoms with Crippen LogP contribution in [0.4, 0.5) is 0 Å². The van der Waals surface area contributed by atoms with Crippen molar-refractivity contribution >= 4 is 11.9 Å². The van der Waals surface area contributed by atoms with Crippen molar-refractivity contribution in [1.82, 2.24) is 5.32 Å². The van der Waals surface area contributed by atoms with Crippen molar-refractivity contribution in [2.75, 3.05) is 0 Å². The molecule has 0 bridgehead atoms. The molecule has 0 spiro atoms. The van der Waals surface area contributed by atoms with E-state index in [0.717, 1.165) is 0 Å². The molecule has 2 atom stereocenters. The van der Waals surface area contributed by atoms with E-state index in [1.165, 1.54) is 6.08 Å². The number of hydrogen-bond acceptors (Lipinski definition) is 2. The minimum Gasteiger partial charge on any atom is -0.480 e. The second-order valence-corrected chi connectivity index (χ2v) is 3.59. The van der Waals surface area contributed by atoms with E-state index >= 15 is 0 Å². The summed E-state index contributed by atoms with van der Waals surface area (Å²) in [4.78, 5) is 22.3. The molecule has 0 aromatic carbocycles. The lowest BCUT2D eigenvalue weighted by atomic mass is 9.99. The van der Waals surface area contributed by atoms with Gasteiger partial charge < -0.3 is 10.4 Å². The number of carbonyl (C=O) groups is 2. The summed E-state index contributed by atoms with van der Waals surface area (Å²) in [6.07, 6.45) is 7.09. The first kappa shape index (κ1) is 14.4. The molecule has 0 saturated carbocycles. The SMILES string of the molecule is C/C=C/C=C/C(=O)N[C@H](C(=O)O)C(C)CC. The third-order valence-electron chi connectivity index (χ3n) is 2.33. The number of rotatable bonds is 6. The monoisotopic (exact) mass is 225 g/mol. The molecule has 0 radical (unpaired) electrons. The molecule has 4 heteroatoms. The van der Waals surface area contributed by atoms with Crippen molar-refractivity contribution in [3.05, 3.63) is 24.3 Å². The highest BCUT2D eigenvalue weighted by Crippen LogP contribution is 2.07. The third kappa shape index (κ3) is 5.34. The average molecular weight is 225 g/mol. The Labute approximate surface area is 96.0 Å². The number of allylic oxidation sites excluding steroid dienone is 3. The summed E-state index contributed by atoms with van der Waals surface area (Å²) in [5, 5.41) is 11.4. The predicted molar refractivity (Wildman–Crippen MR) is 63.0 cm³/mol. The van der Waals surface area contributed by atoms with Gasteiger partial charge in [-0.25, -0.2) is 4.79 Å². The Morgan fingerprint density at radius 3 is 2.44 bits per heavy atom. The number of amides is 1. The van der Waals surface area contributed by atoms with Crippen molar-refractivity contribution in [2.45, 2.75) is 33.2 Å². The molecule has 0 aliphatic rings. The minimum atomic E-state index is -0.998. The van der Waals surface area contributed by atoms with Crippen LogP contribution in [-0.2, 0) is 9.59 Å². The molecule has 0 aromatic rings. The van der Waals surface area contributed by atoms with Crippen molar-refractivity contribution < 1.29 is 14.7 Å². The second-order valence-electron chi connectivity index (χ2n) is 3.59. The Bertz CT molecular complexity index is 295. The fraction of sp³-hybridized carbons (Fsp3) is 0.500. The summed E-state index contributed by atoms with van der Waals surface area (Å²) in [5.41, 5.74) is 0. The molecule has 0 aliphatic heterocycles. The number of carbonyl (C=O) groups excluding carboxylic acids is 1. The number of aliphatic carboxylic acids is 1. The maximum absolute atomic E-state index is 11.4. The van der Waals surface area contributed by atoms with Gasteiger partial charge in [0.2, 0.25) is 5.91 Å². The van der Waals surface area contributed by atoms with Crippen LogP contribution in [0.25, 0.3) is 0 Å². The van der Waals surface area contributed by atoms with Gasteiger partial charge in [0.05, 0.1) is 0 Å². The van der Waals surface area contributed by atoms with Crippen LogP contribution < -0.4 is 5.32 Å². The van der Waals surface area contributed by atoms with Crippen LogP contribution in [0.15, 0.2) is 24.3 Å². The molecular weight excluding hydrogens is 206 g/mol. The molecular formula is C12H19NO3. The number of nitrogens with one attached hydrogen (secondary N) is 1. The standard InChI is InChI=1S/C12H19NO3/c1-4-6-7-8-10(14)13-11(12(15)16)9(3)5-2/h4,6-9,11H,5H2,1-3H3,(H,13,14)(H,15,16)/b6-4+,8-7+/t9?,11-/m0/s1. The number of carboxylic acids is 1. The van der Waals surface area contributed by atoms with Crippen LogP contribution in [-0.4, -0.2) is 23.0 Å². The molecule has 0 aliphatic carbocycles. The van der Waals surface area contributed by atoms with E-state index < -0.39 is 12.0 Å². The van der Waals surface area contributed by atoms with Gasteiger partial charge in [0.15, 0.2) is 0 Å². The fourth-order valence-electron chi connectivity index (χ4n) is 1.14. The summed E-state index contributed by atoms with van der Waals surface area (Å²) in [5.74, 6) is -1.47. The van der Waals surface area contributed by atoms with Crippen LogP contribution in [0.2, 0.25) is 0 Å². The first-order valence-corrected chi connectivity index (χ1v) is 5.35. The van der Waals surface area contributed by atoms with Crippen LogP contribution >= 0.6 is 0 Å². The van der Waals surface area contributed by atoms with Gasteiger partial charge in [0.25, 0.3) is 0 Å². The molecule has 0 rings (SSSR count). The molecule has 0 aromatic heterocycles. The van der Waals surface area contributed by atoms with E-state index in [4.69, 9.17) is 5.11 Å². The van der Waals surface area contributed by atoms with E-state index in [9.17, 15) is 9.59 Å². The van der Waals surface area contributed by atoms with Crippen LogP contribution in [0.3, 0.4) is 0 Å². The normalized spacial score (nSPS) is 15.2. The van der Waals surface area contributed by atoms with E-state index in [2.05, 4.69) is 5.32 Å². The number of hydrogen-bond donors (Lipinski definition) is 2. The summed E-state index contributed by atoms with van der Waals surface area (Å²) < 4.78 is 0. The van der Waals surface area contributed by atoms with E-state index in [1.807, 2.05) is 13.8 Å². The van der Waals surface area contributed by atoms with Gasteiger partial charge in [-0.3, -0.25) is 4.79 Å². The highest BCUT2D eigenvalue weighted by Gasteiger charge is 2.24. The lowest BCUT2D eigenvalue weighted by Gasteiger charge is -2.19. The van der Waals surface area contributed by atoms with Crippen molar-refractivity contribution in [3.63, 3.8) is 0 Å². The Morgan fingerprint density at radius 2 is 2.00 bits per heavy atom. The lowest BCUT2D eigenvalue weighted by molar-refractivity contribution is -0.142. The highest BCUT2D eigenvalue weighted by molar-refractivity contribution is 5.91. The van der Waals surface area contributed by atoms with Crippen molar-refractivity contribution in [2.24, 2.45) is 5.92 Å². The molecule has 16 heavy (non-hydrogen) atoms. The minimum absolute atomic E-state index is 0.0865. The zero-order valence-corrected chi connectivity index (χ0v) is 9.93. The molecule has 4 nitrogen and oxygen atoms in total. The molecule has 90 valence electrons. The molecule has 1 unspecified atom stereocenters. The fourth-order valence-corrected chi connectivity index (χ4v) is 1.14. The maximum Gasteiger partial charge on any atom is 0.326 e. The van der Waals surface area contributed by atoms with Gasteiger partial charge in [0, 0.05) is 6.08 Å². The summed E-state index contributed by atoms with van der Waals surface area (Å²) in [6, 6.07) is -0.826. The molecule has 0 saturated heterocycles. The van der Waals surface area contributed by atoms with Gasteiger partial charge in [-0.15, -0.1) is 0 Å². The van der Waals surface area contributed by atoms with Gasteiger partial charge >= 0.3 is 5.97 Å². The molecule has 0 fully saturated rings. The maximum atomic E-state index is 11.4. The first-order valence-electron chi connectivity index (χ1n) is 5.35.